The van der Waals surface area contributed by atoms with Gasteiger partial charge in [-0.25, -0.2) is 4.79 Å². The molecule has 1 aromatic heterocycles. The van der Waals surface area contributed by atoms with Gasteiger partial charge in [0.05, 0.1) is 0 Å². The van der Waals surface area contributed by atoms with E-state index in [0.717, 1.165) is 4.57 Å². The highest BCUT2D eigenvalue weighted by atomic mass is 28.4. The molecule has 7 heteroatoms. The van der Waals surface area contributed by atoms with Crippen LogP contribution in [0.4, 0.5) is 0 Å². The Labute approximate surface area is 166 Å². The van der Waals surface area contributed by atoms with E-state index in [1.54, 1.807) is 37.3 Å². The van der Waals surface area contributed by atoms with E-state index >= 15 is 0 Å². The van der Waals surface area contributed by atoms with Crippen LogP contribution in [0.5, 0.6) is 0 Å². The Kier molecular flexibility index (Phi) is 6.62. The molecule has 0 saturated carbocycles. The van der Waals surface area contributed by atoms with Crippen LogP contribution < -0.4 is 11.2 Å². The molecular weight excluding hydrogens is 372 g/mol. The van der Waals surface area contributed by atoms with Gasteiger partial charge in [0, 0.05) is 30.5 Å². The number of carbonyl (C=O) groups is 1. The SMILES string of the molecule is Cc1cn(CCCO[Si](C)(C)C(C)(C)C)c(=O)n(C(=O)c2ccccc2)c1=O. The molecule has 0 spiro atoms. The van der Waals surface area contributed by atoms with Crippen LogP contribution in [-0.4, -0.2) is 30.0 Å². The van der Waals surface area contributed by atoms with Gasteiger partial charge in [-0.3, -0.25) is 14.2 Å². The molecule has 6 nitrogen and oxygen atoms in total. The van der Waals surface area contributed by atoms with E-state index in [4.69, 9.17) is 4.43 Å². The average molecular weight is 403 g/mol. The second-order valence-electron chi connectivity index (χ2n) is 8.56. The van der Waals surface area contributed by atoms with Crippen molar-refractivity contribution in [1.29, 1.82) is 0 Å². The highest BCUT2D eigenvalue weighted by molar-refractivity contribution is 6.74. The third-order valence-corrected chi connectivity index (χ3v) is 9.90. The summed E-state index contributed by atoms with van der Waals surface area (Å²) in [6.07, 6.45) is 2.15. The van der Waals surface area contributed by atoms with E-state index in [1.807, 2.05) is 0 Å². The molecule has 0 radical (unpaired) electrons. The number of nitrogens with zero attached hydrogens (tertiary/aromatic N) is 2. The van der Waals surface area contributed by atoms with Crippen LogP contribution in [0.1, 0.15) is 43.1 Å². The summed E-state index contributed by atoms with van der Waals surface area (Å²) >= 11 is 0. The molecule has 2 aromatic rings. The predicted molar refractivity (Wildman–Crippen MR) is 114 cm³/mol. The Bertz CT molecular complexity index is 953. The predicted octanol–water partition coefficient (Wildman–Crippen LogP) is 3.42. The van der Waals surface area contributed by atoms with Gasteiger partial charge < -0.3 is 4.43 Å². The van der Waals surface area contributed by atoms with E-state index in [-0.39, 0.29) is 5.04 Å². The fourth-order valence-corrected chi connectivity index (χ4v) is 3.65. The minimum absolute atomic E-state index is 0.121. The van der Waals surface area contributed by atoms with Crippen LogP contribution in [0.3, 0.4) is 0 Å². The van der Waals surface area contributed by atoms with E-state index in [9.17, 15) is 14.4 Å². The third-order valence-electron chi connectivity index (χ3n) is 5.36. The first-order valence-electron chi connectivity index (χ1n) is 9.52. The van der Waals surface area contributed by atoms with Crippen molar-refractivity contribution in [2.75, 3.05) is 6.61 Å². The first-order chi connectivity index (χ1) is 13.0. The fraction of sp³-hybridized carbons (Fsp3) is 0.476. The van der Waals surface area contributed by atoms with Gasteiger partial charge in [-0.1, -0.05) is 39.0 Å². The molecule has 28 heavy (non-hydrogen) atoms. The molecule has 0 fully saturated rings. The third kappa shape index (κ3) is 4.77. The van der Waals surface area contributed by atoms with Crippen molar-refractivity contribution in [2.24, 2.45) is 0 Å². The van der Waals surface area contributed by atoms with Crippen molar-refractivity contribution in [2.45, 2.75) is 58.8 Å². The van der Waals surface area contributed by atoms with Crippen LogP contribution in [0.25, 0.3) is 0 Å². The van der Waals surface area contributed by atoms with E-state index < -0.39 is 25.5 Å². The molecule has 0 unspecified atom stereocenters. The van der Waals surface area contributed by atoms with Gasteiger partial charge in [-0.2, -0.15) is 4.57 Å². The molecule has 0 aliphatic carbocycles. The zero-order valence-electron chi connectivity index (χ0n) is 17.6. The molecule has 152 valence electrons. The first-order valence-corrected chi connectivity index (χ1v) is 12.4. The van der Waals surface area contributed by atoms with Gasteiger partial charge in [-0.05, 0) is 43.6 Å². The summed E-state index contributed by atoms with van der Waals surface area (Å²) < 4.78 is 8.29. The lowest BCUT2D eigenvalue weighted by Gasteiger charge is -2.36. The van der Waals surface area contributed by atoms with Gasteiger partial charge in [-0.15, -0.1) is 0 Å². The summed E-state index contributed by atoms with van der Waals surface area (Å²) in [5.41, 5.74) is -0.529. The van der Waals surface area contributed by atoms with Crippen LogP contribution in [0.15, 0.2) is 46.1 Å². The Hall–Kier alpha value is -2.25. The highest BCUT2D eigenvalue weighted by Crippen LogP contribution is 2.36. The van der Waals surface area contributed by atoms with Crippen LogP contribution in [-0.2, 0) is 11.0 Å². The van der Waals surface area contributed by atoms with Gasteiger partial charge in [0.15, 0.2) is 8.32 Å². The maximum absolute atomic E-state index is 12.8. The van der Waals surface area contributed by atoms with E-state index in [1.165, 1.54) is 10.8 Å². The van der Waals surface area contributed by atoms with Crippen molar-refractivity contribution < 1.29 is 9.22 Å². The van der Waals surface area contributed by atoms with Crippen molar-refractivity contribution in [3.05, 3.63) is 68.5 Å². The smallest absolute Gasteiger partial charge is 0.338 e. The molecule has 2 rings (SSSR count). The lowest BCUT2D eigenvalue weighted by molar-refractivity contribution is 0.0948. The minimum Gasteiger partial charge on any atom is -0.417 e. The second-order valence-corrected chi connectivity index (χ2v) is 13.4. The van der Waals surface area contributed by atoms with Crippen molar-refractivity contribution in [3.63, 3.8) is 0 Å². The number of hydrogen-bond donors (Lipinski definition) is 0. The lowest BCUT2D eigenvalue weighted by Crippen LogP contribution is -2.45. The van der Waals surface area contributed by atoms with Gasteiger partial charge >= 0.3 is 5.69 Å². The number of carbonyl (C=O) groups excluding carboxylic acids is 1. The topological polar surface area (TPSA) is 70.3 Å². The Balaban J connectivity index is 2.21. The maximum Gasteiger partial charge on any atom is 0.338 e. The normalized spacial score (nSPS) is 12.2. The molecule has 0 N–H and O–H groups in total. The maximum atomic E-state index is 12.8. The van der Waals surface area contributed by atoms with Crippen LogP contribution in [0.2, 0.25) is 18.1 Å². The molecular formula is C21H30N2O4Si. The summed E-state index contributed by atoms with van der Waals surface area (Å²) in [6, 6.07) is 8.36. The van der Waals surface area contributed by atoms with Crippen molar-refractivity contribution in [1.82, 2.24) is 9.13 Å². The number of aromatic nitrogens is 2. The van der Waals surface area contributed by atoms with E-state index in [0.29, 0.717) is 30.7 Å². The number of benzene rings is 1. The Morgan fingerprint density at radius 3 is 2.29 bits per heavy atom. The largest absolute Gasteiger partial charge is 0.417 e. The summed E-state index contributed by atoms with van der Waals surface area (Å²) in [6.45, 7) is 13.4. The highest BCUT2D eigenvalue weighted by Gasteiger charge is 2.36. The van der Waals surface area contributed by atoms with Gasteiger partial charge in [0.2, 0.25) is 0 Å². The fourth-order valence-electron chi connectivity index (χ4n) is 2.56. The van der Waals surface area contributed by atoms with Gasteiger partial charge in [0.25, 0.3) is 11.5 Å². The summed E-state index contributed by atoms with van der Waals surface area (Å²) in [4.78, 5) is 37.9. The van der Waals surface area contributed by atoms with Crippen LogP contribution >= 0.6 is 0 Å². The molecule has 1 aromatic carbocycles. The molecule has 0 aliphatic heterocycles. The summed E-state index contributed by atoms with van der Waals surface area (Å²) in [5, 5.41) is 0.121. The number of aryl methyl sites for hydroxylation is 2. The number of rotatable bonds is 6. The molecule has 0 atom stereocenters. The zero-order chi connectivity index (χ0) is 21.1. The van der Waals surface area contributed by atoms with Crippen molar-refractivity contribution in [3.8, 4) is 0 Å². The summed E-state index contributed by atoms with van der Waals surface area (Å²) in [5.74, 6) is -0.606. The summed E-state index contributed by atoms with van der Waals surface area (Å²) in [7, 11) is -1.85. The molecule has 0 bridgehead atoms. The van der Waals surface area contributed by atoms with Crippen LogP contribution in [0, 0.1) is 6.92 Å². The Morgan fingerprint density at radius 2 is 1.71 bits per heavy atom. The molecule has 0 saturated heterocycles. The average Bonchev–Trinajstić information content (AvgIpc) is 2.62. The van der Waals surface area contributed by atoms with Crippen molar-refractivity contribution >= 4 is 14.2 Å². The second kappa shape index (κ2) is 8.41. The van der Waals surface area contributed by atoms with E-state index in [2.05, 4.69) is 33.9 Å². The molecule has 0 aliphatic rings. The first kappa shape index (κ1) is 22.0. The quantitative estimate of drug-likeness (QED) is 0.548. The Morgan fingerprint density at radius 1 is 1.11 bits per heavy atom. The minimum atomic E-state index is -1.85. The number of hydrogen-bond acceptors (Lipinski definition) is 4. The lowest BCUT2D eigenvalue weighted by atomic mass is 10.2. The monoisotopic (exact) mass is 402 g/mol. The molecule has 0 amide bonds. The zero-order valence-corrected chi connectivity index (χ0v) is 18.6. The standard InChI is InChI=1S/C21H30N2O4Si/c1-16-15-22(13-10-14-27-28(5,6)21(2,3)4)20(26)23(18(16)24)19(25)17-11-8-7-9-12-17/h7-9,11-12,15H,10,13-14H2,1-6H3. The van der Waals surface area contributed by atoms with Gasteiger partial charge in [0.1, 0.15) is 0 Å². The molecule has 1 heterocycles.